The summed E-state index contributed by atoms with van der Waals surface area (Å²) in [7, 11) is -3.87. The van der Waals surface area contributed by atoms with Gasteiger partial charge in [0.1, 0.15) is 11.1 Å². The van der Waals surface area contributed by atoms with E-state index >= 15 is 0 Å². The highest BCUT2D eigenvalue weighted by Crippen LogP contribution is 2.28. The van der Waals surface area contributed by atoms with Crippen LogP contribution in [0.5, 0.6) is 0 Å². The first-order valence-electron chi connectivity index (χ1n) is 7.75. The van der Waals surface area contributed by atoms with Crippen LogP contribution < -0.4 is 5.32 Å². The van der Waals surface area contributed by atoms with Gasteiger partial charge in [0.15, 0.2) is 4.91 Å². The molecule has 0 spiro atoms. The molecule has 0 atom stereocenters. The second-order valence-corrected chi connectivity index (χ2v) is 8.40. The van der Waals surface area contributed by atoms with Crippen molar-refractivity contribution >= 4 is 27.3 Å². The third kappa shape index (κ3) is 4.44. The Morgan fingerprint density at radius 2 is 1.80 bits per heavy atom. The Morgan fingerprint density at radius 3 is 2.36 bits per heavy atom. The number of rotatable bonds is 6. The van der Waals surface area contributed by atoms with Gasteiger partial charge in [-0.2, -0.15) is 5.26 Å². The fourth-order valence-corrected chi connectivity index (χ4v) is 4.45. The van der Waals surface area contributed by atoms with E-state index in [1.807, 2.05) is 30.3 Å². The van der Waals surface area contributed by atoms with Crippen LogP contribution >= 0.6 is 11.8 Å². The summed E-state index contributed by atoms with van der Waals surface area (Å²) in [6.45, 7) is 4.18. The van der Waals surface area contributed by atoms with Crippen molar-refractivity contribution in [1.29, 1.82) is 5.26 Å². The van der Waals surface area contributed by atoms with Gasteiger partial charge in [0.2, 0.25) is 9.84 Å². The number of benzene rings is 2. The first-order valence-corrected chi connectivity index (χ1v) is 10.5. The van der Waals surface area contributed by atoms with Gasteiger partial charge in [-0.05, 0) is 42.0 Å². The Bertz CT molecular complexity index is 912. The molecule has 0 aromatic heterocycles. The first kappa shape index (κ1) is 19.1. The molecule has 0 aliphatic rings. The van der Waals surface area contributed by atoms with Crippen LogP contribution in [0.25, 0.3) is 0 Å². The van der Waals surface area contributed by atoms with E-state index in [2.05, 4.69) is 19.2 Å². The maximum atomic E-state index is 12.8. The molecule has 0 aliphatic heterocycles. The van der Waals surface area contributed by atoms with Crippen molar-refractivity contribution in [2.24, 2.45) is 0 Å². The predicted molar refractivity (Wildman–Crippen MR) is 104 cm³/mol. The minimum absolute atomic E-state index is 0.107. The Hall–Kier alpha value is -2.23. The number of nitrogens with one attached hydrogen (secondary N) is 1. The van der Waals surface area contributed by atoms with E-state index in [0.717, 1.165) is 11.3 Å². The van der Waals surface area contributed by atoms with E-state index in [1.165, 1.54) is 23.9 Å². The SMILES string of the molecule is CS/C(Nc1cccc(C(C)C)c1)=C(/C#N)S(=O)(=O)c1ccccc1. The quantitative estimate of drug-likeness (QED) is 0.741. The topological polar surface area (TPSA) is 70.0 Å². The smallest absolute Gasteiger partial charge is 0.219 e. The molecule has 2 rings (SSSR count). The molecule has 25 heavy (non-hydrogen) atoms. The highest BCUT2D eigenvalue weighted by molar-refractivity contribution is 8.04. The molecular formula is C19H20N2O2S2. The maximum Gasteiger partial charge on any atom is 0.219 e. The summed E-state index contributed by atoms with van der Waals surface area (Å²) in [5, 5.41) is 12.9. The van der Waals surface area contributed by atoms with E-state index in [0.29, 0.717) is 10.9 Å². The van der Waals surface area contributed by atoms with Crippen LogP contribution in [0.4, 0.5) is 5.69 Å². The molecule has 2 aromatic rings. The van der Waals surface area contributed by atoms with Crippen molar-refractivity contribution in [1.82, 2.24) is 0 Å². The van der Waals surface area contributed by atoms with Gasteiger partial charge in [-0.25, -0.2) is 8.42 Å². The second-order valence-electron chi connectivity index (χ2n) is 5.70. The highest BCUT2D eigenvalue weighted by Gasteiger charge is 2.24. The zero-order valence-corrected chi connectivity index (χ0v) is 16.0. The van der Waals surface area contributed by atoms with Crippen LogP contribution in [-0.2, 0) is 9.84 Å². The molecule has 0 heterocycles. The van der Waals surface area contributed by atoms with Crippen molar-refractivity contribution in [3.8, 4) is 6.07 Å². The number of anilines is 1. The summed E-state index contributed by atoms with van der Waals surface area (Å²) in [5.74, 6) is 0.354. The van der Waals surface area contributed by atoms with Gasteiger partial charge < -0.3 is 5.32 Å². The molecule has 4 nitrogen and oxygen atoms in total. The Morgan fingerprint density at radius 1 is 1.12 bits per heavy atom. The summed E-state index contributed by atoms with van der Waals surface area (Å²) in [4.78, 5) is -0.169. The van der Waals surface area contributed by atoms with Gasteiger partial charge in [0, 0.05) is 5.69 Å². The van der Waals surface area contributed by atoms with Gasteiger partial charge in [-0.1, -0.05) is 44.2 Å². The minimum Gasteiger partial charge on any atom is -0.349 e. The lowest BCUT2D eigenvalue weighted by Gasteiger charge is -2.14. The largest absolute Gasteiger partial charge is 0.349 e. The van der Waals surface area contributed by atoms with Crippen LogP contribution in [-0.4, -0.2) is 14.7 Å². The normalized spacial score (nSPS) is 12.4. The molecule has 0 radical (unpaired) electrons. The van der Waals surface area contributed by atoms with Gasteiger partial charge in [-0.15, -0.1) is 11.8 Å². The third-order valence-corrected chi connectivity index (χ3v) is 6.21. The van der Waals surface area contributed by atoms with Crippen LogP contribution in [0.15, 0.2) is 69.4 Å². The van der Waals surface area contributed by atoms with E-state index < -0.39 is 9.84 Å². The molecule has 0 unspecified atom stereocenters. The minimum atomic E-state index is -3.87. The maximum absolute atomic E-state index is 12.8. The lowest BCUT2D eigenvalue weighted by Crippen LogP contribution is -2.10. The molecule has 0 aliphatic carbocycles. The van der Waals surface area contributed by atoms with Gasteiger partial charge in [0.25, 0.3) is 0 Å². The first-order chi connectivity index (χ1) is 11.9. The Labute approximate surface area is 153 Å². The number of allylic oxidation sites excluding steroid dienone is 1. The summed E-state index contributed by atoms with van der Waals surface area (Å²) >= 11 is 1.20. The zero-order valence-electron chi connectivity index (χ0n) is 14.4. The van der Waals surface area contributed by atoms with Crippen LogP contribution in [0.3, 0.4) is 0 Å². The molecule has 0 saturated carbocycles. The summed E-state index contributed by atoms with van der Waals surface area (Å²) in [5.41, 5.74) is 1.89. The molecule has 0 fully saturated rings. The van der Waals surface area contributed by atoms with Gasteiger partial charge >= 0.3 is 0 Å². The number of nitrogens with zero attached hydrogens (tertiary/aromatic N) is 1. The van der Waals surface area contributed by atoms with Crippen molar-refractivity contribution in [3.05, 3.63) is 70.1 Å². The fraction of sp³-hybridized carbons (Fsp3) is 0.211. The van der Waals surface area contributed by atoms with Crippen LogP contribution in [0, 0.1) is 11.3 Å². The van der Waals surface area contributed by atoms with Crippen molar-refractivity contribution in [2.75, 3.05) is 11.6 Å². The molecule has 0 amide bonds. The van der Waals surface area contributed by atoms with Crippen molar-refractivity contribution in [3.63, 3.8) is 0 Å². The van der Waals surface area contributed by atoms with E-state index in [4.69, 9.17) is 0 Å². The number of sulfone groups is 1. The molecule has 2 aromatic carbocycles. The number of hydrogen-bond donors (Lipinski definition) is 1. The number of thioether (sulfide) groups is 1. The predicted octanol–water partition coefficient (Wildman–Crippen LogP) is 4.75. The molecular weight excluding hydrogens is 352 g/mol. The lowest BCUT2D eigenvalue weighted by atomic mass is 10.0. The fourth-order valence-electron chi connectivity index (χ4n) is 2.26. The van der Waals surface area contributed by atoms with E-state index in [9.17, 15) is 13.7 Å². The van der Waals surface area contributed by atoms with Gasteiger partial charge in [0.05, 0.1) is 4.90 Å². The zero-order chi connectivity index (χ0) is 18.4. The molecule has 0 bridgehead atoms. The molecule has 130 valence electrons. The van der Waals surface area contributed by atoms with Crippen molar-refractivity contribution in [2.45, 2.75) is 24.7 Å². The molecule has 1 N–H and O–H groups in total. The van der Waals surface area contributed by atoms with Crippen LogP contribution in [0.1, 0.15) is 25.3 Å². The van der Waals surface area contributed by atoms with E-state index in [-0.39, 0.29) is 9.80 Å². The Kier molecular flexibility index (Phi) is 6.29. The molecule has 0 saturated heterocycles. The number of hydrogen-bond acceptors (Lipinski definition) is 5. The van der Waals surface area contributed by atoms with E-state index in [1.54, 1.807) is 24.5 Å². The Balaban J connectivity index is 2.48. The summed E-state index contributed by atoms with van der Waals surface area (Å²) < 4.78 is 25.6. The second kappa shape index (κ2) is 8.24. The average molecular weight is 373 g/mol. The third-order valence-electron chi connectivity index (χ3n) is 3.65. The lowest BCUT2D eigenvalue weighted by molar-refractivity contribution is 0.603. The van der Waals surface area contributed by atoms with Crippen molar-refractivity contribution < 1.29 is 8.42 Å². The highest BCUT2D eigenvalue weighted by atomic mass is 32.2. The summed E-state index contributed by atoms with van der Waals surface area (Å²) in [6.07, 6.45) is 1.74. The average Bonchev–Trinajstić information content (AvgIpc) is 2.62. The molecule has 6 heteroatoms. The standard InChI is InChI=1S/C19H20N2O2S2/c1-14(2)15-8-7-9-16(12-15)21-19(24-3)18(13-20)25(22,23)17-10-5-4-6-11-17/h4-12,14,21H,1-3H3/b19-18-. The van der Waals surface area contributed by atoms with Gasteiger partial charge in [-0.3, -0.25) is 0 Å². The summed E-state index contributed by atoms with van der Waals surface area (Å²) in [6, 6.07) is 17.6. The van der Waals surface area contributed by atoms with Crippen LogP contribution in [0.2, 0.25) is 0 Å². The monoisotopic (exact) mass is 372 g/mol. The number of nitriles is 1.